The minimum atomic E-state index is -0.895. The molecule has 0 saturated heterocycles. The summed E-state index contributed by atoms with van der Waals surface area (Å²) in [5, 5.41) is 11.1. The third kappa shape index (κ3) is 3.08. The van der Waals surface area contributed by atoms with Crippen molar-refractivity contribution in [3.8, 4) is 0 Å². The van der Waals surface area contributed by atoms with E-state index in [9.17, 15) is 5.11 Å². The third-order valence-electron chi connectivity index (χ3n) is 2.59. The lowest BCUT2D eigenvalue weighted by Gasteiger charge is -2.25. The number of aliphatic hydroxyl groups is 1. The second-order valence-corrected chi connectivity index (χ2v) is 4.46. The van der Waals surface area contributed by atoms with E-state index in [0.717, 1.165) is 5.56 Å². The molecule has 0 aliphatic carbocycles. The molecule has 0 radical (unpaired) electrons. The summed E-state index contributed by atoms with van der Waals surface area (Å²) in [6.45, 7) is 2.11. The van der Waals surface area contributed by atoms with Gasteiger partial charge in [-0.25, -0.2) is 0 Å². The van der Waals surface area contributed by atoms with Crippen LogP contribution in [0.3, 0.4) is 0 Å². The SMILES string of the molecule is CCC(O)(CN)Cc1cccc(Cl)c1Cl. The molecule has 0 aliphatic heterocycles. The minimum Gasteiger partial charge on any atom is -0.388 e. The summed E-state index contributed by atoms with van der Waals surface area (Å²) in [5.74, 6) is 0. The first-order chi connectivity index (χ1) is 7.02. The minimum absolute atomic E-state index is 0.215. The molecule has 0 saturated carbocycles. The summed E-state index contributed by atoms with van der Waals surface area (Å²) < 4.78 is 0. The number of nitrogens with two attached hydrogens (primary N) is 1. The topological polar surface area (TPSA) is 46.2 Å². The van der Waals surface area contributed by atoms with Crippen molar-refractivity contribution in [2.75, 3.05) is 6.54 Å². The standard InChI is InChI=1S/C11H15Cl2NO/c1-2-11(15,7-14)6-8-4-3-5-9(12)10(8)13/h3-5,15H,2,6-7,14H2,1H3. The Labute approximate surface area is 100.0 Å². The van der Waals surface area contributed by atoms with Crippen LogP contribution in [-0.2, 0) is 6.42 Å². The van der Waals surface area contributed by atoms with E-state index in [0.29, 0.717) is 22.9 Å². The van der Waals surface area contributed by atoms with Crippen LogP contribution in [0.5, 0.6) is 0 Å². The van der Waals surface area contributed by atoms with Gasteiger partial charge in [-0.3, -0.25) is 0 Å². The Hall–Kier alpha value is -0.280. The molecule has 0 heterocycles. The zero-order chi connectivity index (χ0) is 11.5. The average molecular weight is 248 g/mol. The molecule has 0 fully saturated rings. The number of halogens is 2. The van der Waals surface area contributed by atoms with Gasteiger partial charge in [0.1, 0.15) is 0 Å². The zero-order valence-electron chi connectivity index (χ0n) is 8.63. The van der Waals surface area contributed by atoms with Crippen molar-refractivity contribution in [2.45, 2.75) is 25.4 Å². The predicted octanol–water partition coefficient (Wildman–Crippen LogP) is 2.64. The van der Waals surface area contributed by atoms with E-state index in [-0.39, 0.29) is 6.54 Å². The Kier molecular flexibility index (Phi) is 4.41. The summed E-state index contributed by atoms with van der Waals surface area (Å²) in [6.07, 6.45) is 1.02. The van der Waals surface area contributed by atoms with Crippen LogP contribution in [0.1, 0.15) is 18.9 Å². The van der Waals surface area contributed by atoms with Crippen LogP contribution in [0.25, 0.3) is 0 Å². The van der Waals surface area contributed by atoms with Gasteiger partial charge >= 0.3 is 0 Å². The highest BCUT2D eigenvalue weighted by Gasteiger charge is 2.24. The fraction of sp³-hybridized carbons (Fsp3) is 0.455. The van der Waals surface area contributed by atoms with Crippen LogP contribution in [-0.4, -0.2) is 17.3 Å². The normalized spacial score (nSPS) is 15.0. The van der Waals surface area contributed by atoms with E-state index in [4.69, 9.17) is 28.9 Å². The first kappa shape index (κ1) is 12.8. The van der Waals surface area contributed by atoms with E-state index in [2.05, 4.69) is 0 Å². The third-order valence-corrected chi connectivity index (χ3v) is 3.45. The Morgan fingerprint density at radius 1 is 1.40 bits per heavy atom. The van der Waals surface area contributed by atoms with Gasteiger partial charge in [0.15, 0.2) is 0 Å². The van der Waals surface area contributed by atoms with Crippen LogP contribution in [0.15, 0.2) is 18.2 Å². The van der Waals surface area contributed by atoms with Crippen LogP contribution >= 0.6 is 23.2 Å². The maximum Gasteiger partial charge on any atom is 0.0807 e. The molecule has 1 aromatic rings. The van der Waals surface area contributed by atoms with Crippen molar-refractivity contribution in [1.29, 1.82) is 0 Å². The molecule has 0 aliphatic rings. The smallest absolute Gasteiger partial charge is 0.0807 e. The highest BCUT2D eigenvalue weighted by molar-refractivity contribution is 6.42. The lowest BCUT2D eigenvalue weighted by Crippen LogP contribution is -2.39. The lowest BCUT2D eigenvalue weighted by atomic mass is 9.92. The van der Waals surface area contributed by atoms with Gasteiger partial charge in [-0.05, 0) is 18.1 Å². The molecule has 2 nitrogen and oxygen atoms in total. The van der Waals surface area contributed by atoms with E-state index in [1.54, 1.807) is 6.07 Å². The van der Waals surface area contributed by atoms with Crippen LogP contribution < -0.4 is 5.73 Å². The molecule has 84 valence electrons. The fourth-order valence-electron chi connectivity index (χ4n) is 1.38. The highest BCUT2D eigenvalue weighted by atomic mass is 35.5. The second-order valence-electron chi connectivity index (χ2n) is 3.67. The highest BCUT2D eigenvalue weighted by Crippen LogP contribution is 2.28. The first-order valence-corrected chi connectivity index (χ1v) is 5.63. The summed E-state index contributed by atoms with van der Waals surface area (Å²) >= 11 is 11.9. The summed E-state index contributed by atoms with van der Waals surface area (Å²) in [7, 11) is 0. The largest absolute Gasteiger partial charge is 0.388 e. The van der Waals surface area contributed by atoms with Crippen molar-refractivity contribution in [3.63, 3.8) is 0 Å². The molecule has 15 heavy (non-hydrogen) atoms. The van der Waals surface area contributed by atoms with E-state index in [1.165, 1.54) is 0 Å². The van der Waals surface area contributed by atoms with Crippen LogP contribution in [0.4, 0.5) is 0 Å². The van der Waals surface area contributed by atoms with Crippen molar-refractivity contribution < 1.29 is 5.11 Å². The molecule has 1 aromatic carbocycles. The van der Waals surface area contributed by atoms with Crippen LogP contribution in [0.2, 0.25) is 10.0 Å². The fourth-order valence-corrected chi connectivity index (χ4v) is 1.77. The molecule has 1 unspecified atom stereocenters. The zero-order valence-corrected chi connectivity index (χ0v) is 10.1. The van der Waals surface area contributed by atoms with Gasteiger partial charge in [0, 0.05) is 13.0 Å². The summed E-state index contributed by atoms with van der Waals surface area (Å²) in [4.78, 5) is 0. The maximum absolute atomic E-state index is 10.1. The Bertz CT molecular complexity index is 337. The average Bonchev–Trinajstić information content (AvgIpc) is 2.25. The van der Waals surface area contributed by atoms with Crippen LogP contribution in [0, 0.1) is 0 Å². The molecule has 3 N–H and O–H groups in total. The molecule has 0 bridgehead atoms. The van der Waals surface area contributed by atoms with Gasteiger partial charge in [0.05, 0.1) is 15.6 Å². The Balaban J connectivity index is 2.94. The van der Waals surface area contributed by atoms with Gasteiger partial charge in [-0.2, -0.15) is 0 Å². The molecule has 1 rings (SSSR count). The summed E-state index contributed by atoms with van der Waals surface area (Å²) in [5.41, 5.74) is 5.47. The van der Waals surface area contributed by atoms with Crippen molar-refractivity contribution >= 4 is 23.2 Å². The number of benzene rings is 1. The molecule has 0 aromatic heterocycles. The number of hydrogen-bond donors (Lipinski definition) is 2. The van der Waals surface area contributed by atoms with Gasteiger partial charge < -0.3 is 10.8 Å². The molecule has 0 spiro atoms. The molecular formula is C11H15Cl2NO. The quantitative estimate of drug-likeness (QED) is 0.860. The first-order valence-electron chi connectivity index (χ1n) is 4.88. The molecule has 0 amide bonds. The van der Waals surface area contributed by atoms with E-state index in [1.807, 2.05) is 19.1 Å². The second kappa shape index (κ2) is 5.17. The van der Waals surface area contributed by atoms with Crippen molar-refractivity contribution in [3.05, 3.63) is 33.8 Å². The molecule has 4 heteroatoms. The van der Waals surface area contributed by atoms with Crippen molar-refractivity contribution in [2.24, 2.45) is 5.73 Å². The lowest BCUT2D eigenvalue weighted by molar-refractivity contribution is 0.0456. The predicted molar refractivity (Wildman–Crippen MR) is 64.5 cm³/mol. The van der Waals surface area contributed by atoms with E-state index >= 15 is 0 Å². The van der Waals surface area contributed by atoms with Crippen molar-refractivity contribution in [1.82, 2.24) is 0 Å². The number of hydrogen-bond acceptors (Lipinski definition) is 2. The molecule has 1 atom stereocenters. The van der Waals surface area contributed by atoms with E-state index < -0.39 is 5.60 Å². The monoisotopic (exact) mass is 247 g/mol. The Morgan fingerprint density at radius 3 is 2.60 bits per heavy atom. The molecular weight excluding hydrogens is 233 g/mol. The number of rotatable bonds is 4. The van der Waals surface area contributed by atoms with Gasteiger partial charge in [-0.1, -0.05) is 42.3 Å². The summed E-state index contributed by atoms with van der Waals surface area (Å²) in [6, 6.07) is 5.39. The van der Waals surface area contributed by atoms with Gasteiger partial charge in [-0.15, -0.1) is 0 Å². The maximum atomic E-state index is 10.1. The Morgan fingerprint density at radius 2 is 2.07 bits per heavy atom. The van der Waals surface area contributed by atoms with Gasteiger partial charge in [0.25, 0.3) is 0 Å². The van der Waals surface area contributed by atoms with Gasteiger partial charge in [0.2, 0.25) is 0 Å².